The van der Waals surface area contributed by atoms with Gasteiger partial charge in [-0.2, -0.15) is 0 Å². The zero-order chi connectivity index (χ0) is 20.5. The van der Waals surface area contributed by atoms with Gasteiger partial charge in [-0.15, -0.1) is 0 Å². The Bertz CT molecular complexity index is 1200. The van der Waals surface area contributed by atoms with Crippen molar-refractivity contribution in [1.29, 1.82) is 0 Å². The van der Waals surface area contributed by atoms with Crippen molar-refractivity contribution in [2.24, 2.45) is 0 Å². The molecule has 0 fully saturated rings. The lowest BCUT2D eigenvalue weighted by molar-refractivity contribution is -0.384. The molecule has 7 nitrogen and oxygen atoms in total. The molecule has 0 saturated carbocycles. The highest BCUT2D eigenvalue weighted by Gasteiger charge is 2.31. The van der Waals surface area contributed by atoms with Crippen LogP contribution in [0, 0.1) is 10.1 Å². The Morgan fingerprint density at radius 3 is 2.10 bits per heavy atom. The van der Waals surface area contributed by atoms with E-state index in [1.165, 1.54) is 12.1 Å². The lowest BCUT2D eigenvalue weighted by Gasteiger charge is -2.11. The summed E-state index contributed by atoms with van der Waals surface area (Å²) < 4.78 is 0. The van der Waals surface area contributed by atoms with E-state index in [0.29, 0.717) is 22.3 Å². The first-order valence-corrected chi connectivity index (χ1v) is 8.70. The first-order chi connectivity index (χ1) is 14.0. The average molecular weight is 386 g/mol. The molecule has 1 aliphatic rings. The van der Waals surface area contributed by atoms with E-state index in [1.54, 1.807) is 54.6 Å². The molecule has 0 spiro atoms. The van der Waals surface area contributed by atoms with Crippen LogP contribution in [0.3, 0.4) is 0 Å². The highest BCUT2D eigenvalue weighted by molar-refractivity contribution is 6.12. The summed E-state index contributed by atoms with van der Waals surface area (Å²) in [7, 11) is 0. The van der Waals surface area contributed by atoms with Crippen LogP contribution in [0.15, 0.2) is 78.5 Å². The number of nitrogens with zero attached hydrogens (tertiary/aromatic N) is 1. The van der Waals surface area contributed by atoms with Gasteiger partial charge < -0.3 is 10.4 Å². The van der Waals surface area contributed by atoms with Gasteiger partial charge in [-0.25, -0.2) is 4.79 Å². The summed E-state index contributed by atoms with van der Waals surface area (Å²) in [5, 5.41) is 23.6. The fraction of sp³-hybridized carbons (Fsp3) is 0. The maximum atomic E-state index is 12.6. The minimum Gasteiger partial charge on any atom is -0.477 e. The van der Waals surface area contributed by atoms with Crippen molar-refractivity contribution >= 4 is 23.1 Å². The molecule has 2 N–H and O–H groups in total. The van der Waals surface area contributed by atoms with Crippen LogP contribution >= 0.6 is 0 Å². The minimum absolute atomic E-state index is 0.159. The topological polar surface area (TPSA) is 110 Å². The number of carboxylic acids is 1. The Hall–Kier alpha value is -4.26. The van der Waals surface area contributed by atoms with Crippen LogP contribution in [-0.2, 0) is 4.79 Å². The first kappa shape index (κ1) is 18.1. The van der Waals surface area contributed by atoms with Crippen LogP contribution in [0.5, 0.6) is 0 Å². The summed E-state index contributed by atoms with van der Waals surface area (Å²) in [6.07, 6.45) is 0. The minimum atomic E-state index is -1.33. The highest BCUT2D eigenvalue weighted by atomic mass is 16.6. The largest absolute Gasteiger partial charge is 0.477 e. The van der Waals surface area contributed by atoms with E-state index in [9.17, 15) is 24.8 Å². The van der Waals surface area contributed by atoms with Crippen LogP contribution in [0.1, 0.15) is 21.5 Å². The number of non-ortho nitro benzene ring substituents is 1. The van der Waals surface area contributed by atoms with Crippen molar-refractivity contribution in [3.63, 3.8) is 0 Å². The summed E-state index contributed by atoms with van der Waals surface area (Å²) in [5.41, 5.74) is 2.47. The molecule has 0 saturated heterocycles. The Balaban J connectivity index is 1.93. The SMILES string of the molecule is O=C(O)C(NC(=O)c1ccccc1)=C1c2ccccc2-c2ccc([N+](=O)[O-])cc21. The Morgan fingerprint density at radius 2 is 1.45 bits per heavy atom. The average Bonchev–Trinajstić information content (AvgIpc) is 3.05. The molecule has 0 atom stereocenters. The van der Waals surface area contributed by atoms with Crippen LogP contribution in [0.4, 0.5) is 5.69 Å². The number of fused-ring (bicyclic) bond motifs is 3. The molecule has 0 aromatic heterocycles. The van der Waals surface area contributed by atoms with Gasteiger partial charge in [0.2, 0.25) is 0 Å². The molecule has 0 bridgehead atoms. The van der Waals surface area contributed by atoms with Crippen molar-refractivity contribution in [2.45, 2.75) is 0 Å². The van der Waals surface area contributed by atoms with Crippen molar-refractivity contribution in [3.05, 3.63) is 105 Å². The number of rotatable bonds is 4. The number of amides is 1. The third-order valence-corrected chi connectivity index (χ3v) is 4.71. The maximum absolute atomic E-state index is 12.6. The van der Waals surface area contributed by atoms with Crippen molar-refractivity contribution in [1.82, 2.24) is 5.32 Å². The highest BCUT2D eigenvalue weighted by Crippen LogP contribution is 2.46. The lowest BCUT2D eigenvalue weighted by Crippen LogP contribution is -2.28. The number of carbonyl (C=O) groups excluding carboxylic acids is 1. The standard InChI is InChI=1S/C22H14N2O5/c25-21(13-6-2-1-3-7-13)23-20(22(26)27)19-17-9-5-4-8-15(17)16-11-10-14(24(28)29)12-18(16)19/h1-12H,(H,23,25)(H,26,27). The fourth-order valence-corrected chi connectivity index (χ4v) is 3.44. The number of nitro benzene ring substituents is 1. The smallest absolute Gasteiger partial charge is 0.353 e. The van der Waals surface area contributed by atoms with E-state index in [1.807, 2.05) is 6.07 Å². The predicted octanol–water partition coefficient (Wildman–Crippen LogP) is 3.85. The number of carboxylic acid groups (broad SMARTS) is 1. The number of carbonyl (C=O) groups is 2. The van der Waals surface area contributed by atoms with Crippen LogP contribution in [-0.4, -0.2) is 21.9 Å². The predicted molar refractivity (Wildman–Crippen MR) is 106 cm³/mol. The fourth-order valence-electron chi connectivity index (χ4n) is 3.44. The second kappa shape index (κ2) is 7.05. The molecule has 0 radical (unpaired) electrons. The number of nitrogens with one attached hydrogen (secondary N) is 1. The van der Waals surface area contributed by atoms with E-state index >= 15 is 0 Å². The van der Waals surface area contributed by atoms with Gasteiger partial charge in [-0.05, 0) is 40.5 Å². The van der Waals surface area contributed by atoms with Gasteiger partial charge in [-0.3, -0.25) is 14.9 Å². The summed E-state index contributed by atoms with van der Waals surface area (Å²) in [5.74, 6) is -1.91. The molecule has 0 unspecified atom stereocenters. The monoisotopic (exact) mass is 386 g/mol. The van der Waals surface area contributed by atoms with Crippen molar-refractivity contribution in [2.75, 3.05) is 0 Å². The number of aliphatic carboxylic acids is 1. The Morgan fingerprint density at radius 1 is 0.828 bits per heavy atom. The molecule has 7 heteroatoms. The maximum Gasteiger partial charge on any atom is 0.353 e. The summed E-state index contributed by atoms with van der Waals surface area (Å²) in [4.78, 5) is 35.4. The molecule has 142 valence electrons. The Kier molecular flexibility index (Phi) is 4.40. The molecule has 0 heterocycles. The quantitative estimate of drug-likeness (QED) is 0.314. The molecule has 3 aromatic carbocycles. The Labute approximate surface area is 165 Å². The third-order valence-electron chi connectivity index (χ3n) is 4.71. The van der Waals surface area contributed by atoms with Gasteiger partial charge in [0.15, 0.2) is 0 Å². The van der Waals surface area contributed by atoms with Gasteiger partial charge in [0.05, 0.1) is 4.92 Å². The molecule has 4 rings (SSSR count). The van der Waals surface area contributed by atoms with Crippen LogP contribution < -0.4 is 5.32 Å². The number of benzene rings is 3. The van der Waals surface area contributed by atoms with E-state index in [2.05, 4.69) is 5.32 Å². The zero-order valence-electron chi connectivity index (χ0n) is 15.0. The van der Waals surface area contributed by atoms with E-state index in [4.69, 9.17) is 0 Å². The zero-order valence-corrected chi connectivity index (χ0v) is 15.0. The molecular formula is C22H14N2O5. The summed E-state index contributed by atoms with van der Waals surface area (Å²) >= 11 is 0. The number of hydrogen-bond acceptors (Lipinski definition) is 4. The molecule has 1 amide bonds. The van der Waals surface area contributed by atoms with Gasteiger partial charge in [0.25, 0.3) is 11.6 Å². The van der Waals surface area contributed by atoms with Gasteiger partial charge in [-0.1, -0.05) is 42.5 Å². The lowest BCUT2D eigenvalue weighted by atomic mass is 10.0. The molecular weight excluding hydrogens is 372 g/mol. The summed E-state index contributed by atoms with van der Waals surface area (Å²) in [6, 6.07) is 19.6. The second-order valence-corrected chi connectivity index (χ2v) is 6.41. The van der Waals surface area contributed by atoms with E-state index in [0.717, 1.165) is 5.56 Å². The molecule has 1 aliphatic carbocycles. The third kappa shape index (κ3) is 3.14. The molecule has 29 heavy (non-hydrogen) atoms. The number of nitro groups is 1. The van der Waals surface area contributed by atoms with Crippen molar-refractivity contribution < 1.29 is 19.6 Å². The second-order valence-electron chi connectivity index (χ2n) is 6.41. The summed E-state index contributed by atoms with van der Waals surface area (Å²) in [6.45, 7) is 0. The van der Waals surface area contributed by atoms with E-state index in [-0.39, 0.29) is 17.0 Å². The van der Waals surface area contributed by atoms with Gasteiger partial charge in [0.1, 0.15) is 5.70 Å². The van der Waals surface area contributed by atoms with Gasteiger partial charge >= 0.3 is 5.97 Å². The first-order valence-electron chi connectivity index (χ1n) is 8.70. The van der Waals surface area contributed by atoms with Crippen LogP contribution in [0.2, 0.25) is 0 Å². The van der Waals surface area contributed by atoms with Crippen molar-refractivity contribution in [3.8, 4) is 11.1 Å². The molecule has 0 aliphatic heterocycles. The molecule has 3 aromatic rings. The van der Waals surface area contributed by atoms with E-state index < -0.39 is 16.8 Å². The normalized spacial score (nSPS) is 13.2. The van der Waals surface area contributed by atoms with Gasteiger partial charge in [0, 0.05) is 23.3 Å². The number of hydrogen-bond donors (Lipinski definition) is 2. The van der Waals surface area contributed by atoms with Crippen LogP contribution in [0.25, 0.3) is 16.7 Å².